The van der Waals surface area contributed by atoms with Crippen LogP contribution >= 0.6 is 15.9 Å². The summed E-state index contributed by atoms with van der Waals surface area (Å²) in [7, 11) is 0. The van der Waals surface area contributed by atoms with Gasteiger partial charge in [0.15, 0.2) is 5.82 Å². The van der Waals surface area contributed by atoms with E-state index in [-0.39, 0.29) is 11.5 Å². The quantitative estimate of drug-likeness (QED) is 0.915. The molecular weight excluding hydrogens is 327 g/mol. The van der Waals surface area contributed by atoms with Crippen molar-refractivity contribution in [3.05, 3.63) is 34.1 Å². The Morgan fingerprint density at radius 2 is 2.05 bits per heavy atom. The first-order chi connectivity index (χ1) is 8.80. The smallest absolute Gasteiger partial charge is 0.321 e. The van der Waals surface area contributed by atoms with E-state index in [1.807, 2.05) is 0 Å². The Hall–Kier alpha value is -1.48. The zero-order valence-electron chi connectivity index (χ0n) is 9.69. The van der Waals surface area contributed by atoms with E-state index < -0.39 is 17.8 Å². The molecule has 9 heteroatoms. The topological polar surface area (TPSA) is 69.6 Å². The van der Waals surface area contributed by atoms with Crippen molar-refractivity contribution in [3.8, 4) is 5.69 Å². The van der Waals surface area contributed by atoms with E-state index in [0.717, 1.165) is 12.1 Å². The number of rotatable bonds is 2. The molecule has 0 radical (unpaired) electrons. The lowest BCUT2D eigenvalue weighted by molar-refractivity contribution is -0.137. The van der Waals surface area contributed by atoms with Gasteiger partial charge in [0.1, 0.15) is 0 Å². The van der Waals surface area contributed by atoms with Gasteiger partial charge in [-0.05, 0) is 51.5 Å². The van der Waals surface area contributed by atoms with Gasteiger partial charge in [-0.2, -0.15) is 17.9 Å². The molecule has 1 heterocycles. The van der Waals surface area contributed by atoms with Crippen LogP contribution in [0.1, 0.15) is 24.4 Å². The number of halogens is 4. The van der Waals surface area contributed by atoms with Crippen molar-refractivity contribution in [1.29, 1.82) is 0 Å². The summed E-state index contributed by atoms with van der Waals surface area (Å²) < 4.78 is 39.7. The van der Waals surface area contributed by atoms with Gasteiger partial charge < -0.3 is 5.73 Å². The SMILES string of the molecule is CC(N)c1nnnn1-c1cc(C(F)(F)F)ccc1Br. The first kappa shape index (κ1) is 13.9. The number of benzene rings is 1. The van der Waals surface area contributed by atoms with Crippen LogP contribution in [0.2, 0.25) is 0 Å². The molecule has 0 aliphatic rings. The minimum Gasteiger partial charge on any atom is -0.321 e. The Bertz CT molecular complexity index is 593. The molecule has 0 saturated carbocycles. The third-order valence-corrected chi connectivity index (χ3v) is 3.07. The molecule has 0 bridgehead atoms. The van der Waals surface area contributed by atoms with Gasteiger partial charge in [-0.15, -0.1) is 5.10 Å². The van der Waals surface area contributed by atoms with Gasteiger partial charge in [0.05, 0.1) is 17.3 Å². The lowest BCUT2D eigenvalue weighted by Crippen LogP contribution is -2.14. The van der Waals surface area contributed by atoms with E-state index in [9.17, 15) is 13.2 Å². The fourth-order valence-corrected chi connectivity index (χ4v) is 1.92. The largest absolute Gasteiger partial charge is 0.416 e. The van der Waals surface area contributed by atoms with Crippen molar-refractivity contribution < 1.29 is 13.2 Å². The number of nitrogens with zero attached hydrogens (tertiary/aromatic N) is 4. The monoisotopic (exact) mass is 335 g/mol. The molecule has 0 fully saturated rings. The van der Waals surface area contributed by atoms with Gasteiger partial charge in [-0.25, -0.2) is 0 Å². The second-order valence-corrected chi connectivity index (χ2v) is 4.76. The van der Waals surface area contributed by atoms with Crippen LogP contribution in [0.4, 0.5) is 13.2 Å². The summed E-state index contributed by atoms with van der Waals surface area (Å²) in [6.45, 7) is 1.64. The molecule has 1 atom stereocenters. The number of nitrogens with two attached hydrogens (primary N) is 1. The summed E-state index contributed by atoms with van der Waals surface area (Å²) in [6, 6.07) is 2.73. The second-order valence-electron chi connectivity index (χ2n) is 3.90. The van der Waals surface area contributed by atoms with Crippen LogP contribution in [-0.4, -0.2) is 20.2 Å². The molecule has 102 valence electrons. The molecule has 1 aromatic carbocycles. The van der Waals surface area contributed by atoms with Crippen molar-refractivity contribution in [3.63, 3.8) is 0 Å². The number of tetrazole rings is 1. The number of hydrogen-bond donors (Lipinski definition) is 1. The average molecular weight is 336 g/mol. The summed E-state index contributed by atoms with van der Waals surface area (Å²) in [4.78, 5) is 0. The average Bonchev–Trinajstić information content (AvgIpc) is 2.76. The predicted molar refractivity (Wildman–Crippen MR) is 64.5 cm³/mol. The maximum absolute atomic E-state index is 12.7. The Morgan fingerprint density at radius 3 is 2.63 bits per heavy atom. The molecule has 2 aromatic rings. The highest BCUT2D eigenvalue weighted by Crippen LogP contribution is 2.33. The normalized spacial score (nSPS) is 13.6. The van der Waals surface area contributed by atoms with E-state index in [1.54, 1.807) is 6.92 Å². The summed E-state index contributed by atoms with van der Waals surface area (Å²) in [6.07, 6.45) is -4.43. The van der Waals surface area contributed by atoms with Gasteiger partial charge >= 0.3 is 6.18 Å². The molecule has 2 N–H and O–H groups in total. The highest BCUT2D eigenvalue weighted by atomic mass is 79.9. The van der Waals surface area contributed by atoms with Crippen LogP contribution in [0.5, 0.6) is 0 Å². The van der Waals surface area contributed by atoms with E-state index in [0.29, 0.717) is 4.47 Å². The van der Waals surface area contributed by atoms with Crippen molar-refractivity contribution in [2.75, 3.05) is 0 Å². The standard InChI is InChI=1S/C10H9BrF3N5/c1-5(15)9-16-17-18-19(9)8-4-6(10(12,13)14)2-3-7(8)11/h2-5H,15H2,1H3. The van der Waals surface area contributed by atoms with Gasteiger partial charge in [0.2, 0.25) is 0 Å². The van der Waals surface area contributed by atoms with E-state index in [1.165, 1.54) is 10.7 Å². The summed E-state index contributed by atoms with van der Waals surface area (Å²) >= 11 is 3.18. The molecule has 2 rings (SSSR count). The zero-order chi connectivity index (χ0) is 14.2. The maximum Gasteiger partial charge on any atom is 0.416 e. The van der Waals surface area contributed by atoms with Crippen LogP contribution in [-0.2, 0) is 6.18 Å². The lowest BCUT2D eigenvalue weighted by atomic mass is 10.2. The summed E-state index contributed by atoms with van der Waals surface area (Å²) in [5.74, 6) is 0.278. The summed E-state index contributed by atoms with van der Waals surface area (Å²) in [5.41, 5.74) is 5.08. The molecule has 0 saturated heterocycles. The third-order valence-electron chi connectivity index (χ3n) is 2.40. The summed E-state index contributed by atoms with van der Waals surface area (Å²) in [5, 5.41) is 10.8. The van der Waals surface area contributed by atoms with Crippen LogP contribution < -0.4 is 5.73 Å². The molecule has 0 aliphatic carbocycles. The number of hydrogen-bond acceptors (Lipinski definition) is 4. The van der Waals surface area contributed by atoms with Crippen LogP contribution in [0.25, 0.3) is 5.69 Å². The highest BCUT2D eigenvalue weighted by molar-refractivity contribution is 9.10. The highest BCUT2D eigenvalue weighted by Gasteiger charge is 2.31. The third kappa shape index (κ3) is 2.76. The first-order valence-electron chi connectivity index (χ1n) is 5.21. The fourth-order valence-electron chi connectivity index (χ4n) is 1.50. The van der Waals surface area contributed by atoms with Crippen LogP contribution in [0.3, 0.4) is 0 Å². The number of alkyl halides is 3. The Balaban J connectivity index is 2.58. The Kier molecular flexibility index (Phi) is 3.59. The van der Waals surface area contributed by atoms with Crippen molar-refractivity contribution >= 4 is 15.9 Å². The zero-order valence-corrected chi connectivity index (χ0v) is 11.3. The molecule has 0 aliphatic heterocycles. The fraction of sp³-hybridized carbons (Fsp3) is 0.300. The first-order valence-corrected chi connectivity index (χ1v) is 6.01. The van der Waals surface area contributed by atoms with Gasteiger partial charge in [-0.3, -0.25) is 0 Å². The second kappa shape index (κ2) is 4.89. The predicted octanol–water partition coefficient (Wildman–Crippen LogP) is 2.46. The van der Waals surface area contributed by atoms with Crippen molar-refractivity contribution in [2.24, 2.45) is 5.73 Å². The Labute approximate surface area is 114 Å². The maximum atomic E-state index is 12.7. The van der Waals surface area contributed by atoms with Crippen molar-refractivity contribution in [2.45, 2.75) is 19.1 Å². The minimum absolute atomic E-state index is 0.187. The molecule has 1 aromatic heterocycles. The van der Waals surface area contributed by atoms with E-state index >= 15 is 0 Å². The lowest BCUT2D eigenvalue weighted by Gasteiger charge is -2.12. The molecular formula is C10H9BrF3N5. The Morgan fingerprint density at radius 1 is 1.37 bits per heavy atom. The van der Waals surface area contributed by atoms with Gasteiger partial charge in [0.25, 0.3) is 0 Å². The molecule has 1 unspecified atom stereocenters. The van der Waals surface area contributed by atoms with E-state index in [4.69, 9.17) is 5.73 Å². The van der Waals surface area contributed by atoms with E-state index in [2.05, 4.69) is 31.5 Å². The molecule has 0 amide bonds. The van der Waals surface area contributed by atoms with Crippen LogP contribution in [0, 0.1) is 0 Å². The van der Waals surface area contributed by atoms with Crippen LogP contribution in [0.15, 0.2) is 22.7 Å². The van der Waals surface area contributed by atoms with Gasteiger partial charge in [0, 0.05) is 4.47 Å². The van der Waals surface area contributed by atoms with Gasteiger partial charge in [-0.1, -0.05) is 0 Å². The molecule has 0 spiro atoms. The molecule has 5 nitrogen and oxygen atoms in total. The number of aromatic nitrogens is 4. The minimum atomic E-state index is -4.43. The molecule has 19 heavy (non-hydrogen) atoms. The van der Waals surface area contributed by atoms with Crippen molar-refractivity contribution in [1.82, 2.24) is 20.2 Å².